The van der Waals surface area contributed by atoms with Crippen LogP contribution < -0.4 is 4.90 Å². The van der Waals surface area contributed by atoms with Gasteiger partial charge in [0.25, 0.3) is 0 Å². The molecule has 0 aromatic carbocycles. The average molecular weight is 235 g/mol. The van der Waals surface area contributed by atoms with Crippen molar-refractivity contribution in [3.63, 3.8) is 0 Å². The molecule has 1 aromatic rings. The highest BCUT2D eigenvalue weighted by Crippen LogP contribution is 2.13. The maximum Gasteiger partial charge on any atom is 0.230 e. The van der Waals surface area contributed by atoms with Crippen molar-refractivity contribution in [1.29, 1.82) is 0 Å². The summed E-state index contributed by atoms with van der Waals surface area (Å²) in [6, 6.07) is 0. The Kier molecular flexibility index (Phi) is 3.89. The Balaban J connectivity index is 2.84. The Labute approximate surface area is 93.3 Å². The van der Waals surface area contributed by atoms with Gasteiger partial charge in [-0.15, -0.1) is 0 Å². The smallest absolute Gasteiger partial charge is 0.230 e. The molecule has 0 spiro atoms. The minimum absolute atomic E-state index is 0.121. The Hall–Kier alpha value is -0.610. The standard InChI is InChI=1S/C8H12Cl2N4/c1-5(2)4-14(3)8-12-6(9)11-7(10)13-8/h5H,4H2,1-3H3. The van der Waals surface area contributed by atoms with E-state index in [0.717, 1.165) is 6.54 Å². The molecule has 0 radical (unpaired) electrons. The zero-order chi connectivity index (χ0) is 10.7. The molecule has 1 aromatic heterocycles. The predicted molar refractivity (Wildman–Crippen MR) is 58.0 cm³/mol. The van der Waals surface area contributed by atoms with Crippen LogP contribution in [0.1, 0.15) is 13.8 Å². The summed E-state index contributed by atoms with van der Waals surface area (Å²) in [4.78, 5) is 13.5. The van der Waals surface area contributed by atoms with Gasteiger partial charge in [0.1, 0.15) is 0 Å². The quantitative estimate of drug-likeness (QED) is 0.805. The van der Waals surface area contributed by atoms with E-state index in [-0.39, 0.29) is 10.6 Å². The molecule has 1 rings (SSSR count). The summed E-state index contributed by atoms with van der Waals surface area (Å²) >= 11 is 11.3. The van der Waals surface area contributed by atoms with Gasteiger partial charge in [0.15, 0.2) is 0 Å². The summed E-state index contributed by atoms with van der Waals surface area (Å²) in [7, 11) is 1.89. The van der Waals surface area contributed by atoms with Crippen molar-refractivity contribution in [2.24, 2.45) is 5.92 Å². The third kappa shape index (κ3) is 3.27. The van der Waals surface area contributed by atoms with Gasteiger partial charge in [-0.25, -0.2) is 0 Å². The van der Waals surface area contributed by atoms with Gasteiger partial charge in [0, 0.05) is 13.6 Å². The van der Waals surface area contributed by atoms with E-state index < -0.39 is 0 Å². The molecule has 0 N–H and O–H groups in total. The Bertz CT molecular complexity index is 296. The number of halogens is 2. The number of hydrogen-bond acceptors (Lipinski definition) is 4. The van der Waals surface area contributed by atoms with E-state index >= 15 is 0 Å². The van der Waals surface area contributed by atoms with Gasteiger partial charge in [-0.1, -0.05) is 13.8 Å². The normalized spacial score (nSPS) is 10.7. The molecule has 0 aliphatic rings. The van der Waals surface area contributed by atoms with Crippen LogP contribution in [0.5, 0.6) is 0 Å². The molecule has 0 aliphatic carbocycles. The molecule has 0 atom stereocenters. The van der Waals surface area contributed by atoms with Gasteiger partial charge in [0.05, 0.1) is 0 Å². The third-order valence-electron chi connectivity index (χ3n) is 1.55. The SMILES string of the molecule is CC(C)CN(C)c1nc(Cl)nc(Cl)n1. The van der Waals surface area contributed by atoms with Crippen LogP contribution >= 0.6 is 23.2 Å². The molecule has 0 amide bonds. The van der Waals surface area contributed by atoms with Crippen molar-refractivity contribution in [3.8, 4) is 0 Å². The number of anilines is 1. The summed E-state index contributed by atoms with van der Waals surface area (Å²) in [6.07, 6.45) is 0. The van der Waals surface area contributed by atoms with E-state index in [9.17, 15) is 0 Å². The Morgan fingerprint density at radius 2 is 1.64 bits per heavy atom. The van der Waals surface area contributed by atoms with E-state index in [0.29, 0.717) is 11.9 Å². The third-order valence-corrected chi connectivity index (χ3v) is 1.89. The first-order valence-corrected chi connectivity index (χ1v) is 5.03. The van der Waals surface area contributed by atoms with E-state index in [4.69, 9.17) is 23.2 Å². The van der Waals surface area contributed by atoms with Crippen LogP contribution in [-0.4, -0.2) is 28.5 Å². The fourth-order valence-electron chi connectivity index (χ4n) is 1.12. The lowest BCUT2D eigenvalue weighted by atomic mass is 10.2. The molecule has 1 heterocycles. The number of aromatic nitrogens is 3. The van der Waals surface area contributed by atoms with E-state index in [2.05, 4.69) is 28.8 Å². The number of nitrogens with zero attached hydrogens (tertiary/aromatic N) is 4. The molecule has 0 fully saturated rings. The Morgan fingerprint density at radius 1 is 1.14 bits per heavy atom. The maximum atomic E-state index is 5.66. The lowest BCUT2D eigenvalue weighted by Crippen LogP contribution is -2.24. The summed E-state index contributed by atoms with van der Waals surface area (Å²) in [5.74, 6) is 1.03. The summed E-state index contributed by atoms with van der Waals surface area (Å²) < 4.78 is 0. The Morgan fingerprint density at radius 3 is 2.07 bits per heavy atom. The van der Waals surface area contributed by atoms with Gasteiger partial charge in [-0.2, -0.15) is 15.0 Å². The van der Waals surface area contributed by atoms with Gasteiger partial charge in [0.2, 0.25) is 16.5 Å². The molecule has 4 nitrogen and oxygen atoms in total. The zero-order valence-electron chi connectivity index (χ0n) is 8.33. The van der Waals surface area contributed by atoms with Gasteiger partial charge in [-0.05, 0) is 29.1 Å². The first-order chi connectivity index (χ1) is 6.49. The van der Waals surface area contributed by atoms with Crippen LogP contribution in [0, 0.1) is 5.92 Å². The number of rotatable bonds is 3. The summed E-state index contributed by atoms with van der Waals surface area (Å²) in [6.45, 7) is 5.07. The topological polar surface area (TPSA) is 41.9 Å². The van der Waals surface area contributed by atoms with Crippen LogP contribution in [0.15, 0.2) is 0 Å². The van der Waals surface area contributed by atoms with Crippen molar-refractivity contribution in [2.75, 3.05) is 18.5 Å². The monoisotopic (exact) mass is 234 g/mol. The van der Waals surface area contributed by atoms with Gasteiger partial charge in [-0.3, -0.25) is 0 Å². The maximum absolute atomic E-state index is 5.66. The molecule has 0 saturated carbocycles. The minimum Gasteiger partial charge on any atom is -0.343 e. The molecular weight excluding hydrogens is 223 g/mol. The van der Waals surface area contributed by atoms with Crippen LogP contribution in [0.4, 0.5) is 5.95 Å². The molecular formula is C8H12Cl2N4. The highest BCUT2D eigenvalue weighted by Gasteiger charge is 2.09. The van der Waals surface area contributed by atoms with E-state index in [1.54, 1.807) is 0 Å². The average Bonchev–Trinajstić information content (AvgIpc) is 2.00. The van der Waals surface area contributed by atoms with Crippen molar-refractivity contribution in [1.82, 2.24) is 15.0 Å². The second kappa shape index (κ2) is 4.75. The minimum atomic E-state index is 0.121. The molecule has 0 aliphatic heterocycles. The second-order valence-corrected chi connectivity index (χ2v) is 4.12. The first-order valence-electron chi connectivity index (χ1n) is 4.27. The number of hydrogen-bond donors (Lipinski definition) is 0. The van der Waals surface area contributed by atoms with E-state index in [1.165, 1.54) is 0 Å². The second-order valence-electron chi connectivity index (χ2n) is 3.45. The lowest BCUT2D eigenvalue weighted by molar-refractivity contribution is 0.629. The van der Waals surface area contributed by atoms with Crippen molar-refractivity contribution in [2.45, 2.75) is 13.8 Å². The highest BCUT2D eigenvalue weighted by atomic mass is 35.5. The molecule has 0 saturated heterocycles. The fraction of sp³-hybridized carbons (Fsp3) is 0.625. The zero-order valence-corrected chi connectivity index (χ0v) is 9.84. The largest absolute Gasteiger partial charge is 0.343 e. The van der Waals surface area contributed by atoms with Crippen LogP contribution in [-0.2, 0) is 0 Å². The van der Waals surface area contributed by atoms with Crippen LogP contribution in [0.3, 0.4) is 0 Å². The van der Waals surface area contributed by atoms with Crippen molar-refractivity contribution in [3.05, 3.63) is 10.6 Å². The first kappa shape index (κ1) is 11.5. The lowest BCUT2D eigenvalue weighted by Gasteiger charge is -2.18. The van der Waals surface area contributed by atoms with Gasteiger partial charge >= 0.3 is 0 Å². The molecule has 78 valence electrons. The van der Waals surface area contributed by atoms with Crippen molar-refractivity contribution >= 4 is 29.2 Å². The van der Waals surface area contributed by atoms with Gasteiger partial charge < -0.3 is 4.90 Å². The fourth-order valence-corrected chi connectivity index (χ4v) is 1.47. The molecule has 0 bridgehead atoms. The highest BCUT2D eigenvalue weighted by molar-refractivity contribution is 6.31. The molecule has 6 heteroatoms. The summed E-state index contributed by atoms with van der Waals surface area (Å²) in [5.41, 5.74) is 0. The van der Waals surface area contributed by atoms with Crippen molar-refractivity contribution < 1.29 is 0 Å². The molecule has 0 unspecified atom stereocenters. The van der Waals surface area contributed by atoms with Crippen LogP contribution in [0.2, 0.25) is 10.6 Å². The predicted octanol–water partition coefficient (Wildman–Crippen LogP) is 2.27. The van der Waals surface area contributed by atoms with Crippen LogP contribution in [0.25, 0.3) is 0 Å². The molecule has 14 heavy (non-hydrogen) atoms. The van der Waals surface area contributed by atoms with E-state index in [1.807, 2.05) is 11.9 Å². The summed E-state index contributed by atoms with van der Waals surface area (Å²) in [5, 5.41) is 0.242.